The van der Waals surface area contributed by atoms with E-state index in [2.05, 4.69) is 41.7 Å². The van der Waals surface area contributed by atoms with E-state index < -0.39 is 6.03 Å². The van der Waals surface area contributed by atoms with Crippen molar-refractivity contribution in [1.82, 2.24) is 10.4 Å². The third-order valence-electron chi connectivity index (χ3n) is 4.95. The summed E-state index contributed by atoms with van der Waals surface area (Å²) in [5, 5.41) is 2.74. The second-order valence-corrected chi connectivity index (χ2v) is 7.09. The number of nitrogens with two attached hydrogens (primary N) is 1. The Morgan fingerprint density at radius 3 is 2.48 bits per heavy atom. The lowest BCUT2D eigenvalue weighted by Crippen LogP contribution is -2.34. The largest absolute Gasteiger partial charge is 0.489 e. The van der Waals surface area contributed by atoms with E-state index in [0.717, 1.165) is 44.8 Å². The molecule has 6 nitrogen and oxygen atoms in total. The molecule has 0 aliphatic rings. The fourth-order valence-electron chi connectivity index (χ4n) is 3.29. The molecule has 0 bridgehead atoms. The molecule has 150 valence electrons. The monoisotopic (exact) mass is 390 g/mol. The predicted molar refractivity (Wildman–Crippen MR) is 116 cm³/mol. The Morgan fingerprint density at radius 2 is 1.76 bits per heavy atom. The maximum atomic E-state index is 11.6. The van der Waals surface area contributed by atoms with Gasteiger partial charge in [0.05, 0.1) is 5.69 Å². The summed E-state index contributed by atoms with van der Waals surface area (Å²) in [6.45, 7) is 8.45. The Bertz CT molecular complexity index is 1050. The Labute approximate surface area is 171 Å². The summed E-state index contributed by atoms with van der Waals surface area (Å²) in [4.78, 5) is 16.2. The van der Waals surface area contributed by atoms with Crippen LogP contribution < -0.4 is 21.3 Å². The van der Waals surface area contributed by atoms with Crippen molar-refractivity contribution in [2.75, 3.05) is 5.32 Å². The molecule has 0 saturated heterocycles. The first-order chi connectivity index (χ1) is 13.9. The molecule has 0 fully saturated rings. The lowest BCUT2D eigenvalue weighted by Gasteiger charge is -2.17. The second kappa shape index (κ2) is 8.75. The number of hydrazine groups is 1. The average molecular weight is 390 g/mol. The number of ether oxygens (including phenoxy) is 1. The molecule has 3 rings (SSSR count). The standard InChI is InChI=1S/C23H26N4O2/c1-14-7-5-9-20(26-23(28)27-24)19(14)13-29-21-12-16(3)18(11-17(21)4)22-15(2)8-6-10-25-22/h5-12H,13,24H2,1-4H3,(H2,26,27,28). The average Bonchev–Trinajstić information content (AvgIpc) is 2.70. The van der Waals surface area contributed by atoms with Crippen molar-refractivity contribution in [3.05, 3.63) is 76.5 Å². The van der Waals surface area contributed by atoms with Crippen molar-refractivity contribution in [2.45, 2.75) is 34.3 Å². The Morgan fingerprint density at radius 1 is 1.00 bits per heavy atom. The Hall–Kier alpha value is -3.38. The van der Waals surface area contributed by atoms with Crippen LogP contribution in [0.1, 0.15) is 27.8 Å². The first kappa shape index (κ1) is 20.4. The van der Waals surface area contributed by atoms with Gasteiger partial charge in [-0.25, -0.2) is 10.6 Å². The van der Waals surface area contributed by atoms with Crippen molar-refractivity contribution >= 4 is 11.7 Å². The number of hydrogen-bond donors (Lipinski definition) is 3. The molecular weight excluding hydrogens is 364 g/mol. The molecule has 6 heteroatoms. The smallest absolute Gasteiger partial charge is 0.333 e. The number of rotatable bonds is 5. The minimum absolute atomic E-state index is 0.328. The van der Waals surface area contributed by atoms with Gasteiger partial charge in [-0.15, -0.1) is 0 Å². The molecule has 2 aromatic carbocycles. The highest BCUT2D eigenvalue weighted by Crippen LogP contribution is 2.31. The molecule has 0 radical (unpaired) electrons. The summed E-state index contributed by atoms with van der Waals surface area (Å²) in [5.41, 5.74) is 10.0. The lowest BCUT2D eigenvalue weighted by atomic mass is 9.99. The van der Waals surface area contributed by atoms with Crippen LogP contribution in [0.15, 0.2) is 48.7 Å². The summed E-state index contributed by atoms with van der Waals surface area (Å²) in [5.74, 6) is 5.99. The number of aromatic nitrogens is 1. The van der Waals surface area contributed by atoms with Gasteiger partial charge in [0, 0.05) is 23.0 Å². The van der Waals surface area contributed by atoms with E-state index in [1.807, 2.05) is 50.4 Å². The molecule has 29 heavy (non-hydrogen) atoms. The molecule has 0 aliphatic carbocycles. The molecule has 0 spiro atoms. The summed E-state index contributed by atoms with van der Waals surface area (Å²) < 4.78 is 6.14. The van der Waals surface area contributed by atoms with E-state index in [4.69, 9.17) is 10.6 Å². The first-order valence-electron chi connectivity index (χ1n) is 9.43. The maximum Gasteiger partial charge on any atom is 0.333 e. The van der Waals surface area contributed by atoms with Crippen LogP contribution in [0, 0.1) is 27.7 Å². The third kappa shape index (κ3) is 4.55. The quantitative estimate of drug-likeness (QED) is 0.339. The summed E-state index contributed by atoms with van der Waals surface area (Å²) >= 11 is 0. The number of pyridine rings is 1. The summed E-state index contributed by atoms with van der Waals surface area (Å²) in [7, 11) is 0. The van der Waals surface area contributed by atoms with Gasteiger partial charge in [-0.3, -0.25) is 10.4 Å². The van der Waals surface area contributed by atoms with E-state index in [1.54, 1.807) is 0 Å². The molecule has 0 aliphatic heterocycles. The maximum absolute atomic E-state index is 11.6. The number of nitrogens with one attached hydrogen (secondary N) is 2. The van der Waals surface area contributed by atoms with Gasteiger partial charge >= 0.3 is 6.03 Å². The van der Waals surface area contributed by atoms with Crippen molar-refractivity contribution in [1.29, 1.82) is 0 Å². The highest BCUT2D eigenvalue weighted by atomic mass is 16.5. The van der Waals surface area contributed by atoms with Gasteiger partial charge in [-0.1, -0.05) is 18.2 Å². The number of hydrogen-bond acceptors (Lipinski definition) is 4. The van der Waals surface area contributed by atoms with Gasteiger partial charge in [-0.2, -0.15) is 0 Å². The van der Waals surface area contributed by atoms with Crippen LogP contribution in [0.4, 0.5) is 10.5 Å². The van der Waals surface area contributed by atoms with Crippen molar-refractivity contribution in [3.8, 4) is 17.0 Å². The van der Waals surface area contributed by atoms with Gasteiger partial charge in [0.2, 0.25) is 0 Å². The number of nitrogens with zero attached hydrogens (tertiary/aromatic N) is 1. The van der Waals surface area contributed by atoms with Gasteiger partial charge in [0.25, 0.3) is 0 Å². The zero-order valence-corrected chi connectivity index (χ0v) is 17.2. The number of amides is 2. The van der Waals surface area contributed by atoms with Crippen molar-refractivity contribution in [2.24, 2.45) is 5.84 Å². The zero-order valence-electron chi connectivity index (χ0n) is 17.2. The summed E-state index contributed by atoms with van der Waals surface area (Å²) in [6, 6.07) is 13.4. The van der Waals surface area contributed by atoms with Crippen molar-refractivity contribution < 1.29 is 9.53 Å². The number of benzene rings is 2. The number of anilines is 1. The molecule has 1 aromatic heterocycles. The number of carbonyl (C=O) groups excluding carboxylic acids is 1. The van der Waals surface area contributed by atoms with Crippen LogP contribution in [-0.2, 0) is 6.61 Å². The van der Waals surface area contributed by atoms with Gasteiger partial charge in [0.1, 0.15) is 12.4 Å². The second-order valence-electron chi connectivity index (χ2n) is 7.09. The van der Waals surface area contributed by atoms with Crippen LogP contribution in [0.2, 0.25) is 0 Å². The SMILES string of the molecule is Cc1cc(-c2ncccc2C)c(C)cc1OCc1c(C)cccc1NC(=O)NN. The highest BCUT2D eigenvalue weighted by molar-refractivity contribution is 5.89. The number of carbonyl (C=O) groups is 1. The molecular formula is C23H26N4O2. The molecule has 0 atom stereocenters. The Kier molecular flexibility index (Phi) is 6.14. The topological polar surface area (TPSA) is 89.3 Å². The van der Waals surface area contributed by atoms with Gasteiger partial charge in [-0.05, 0) is 74.2 Å². The fraction of sp³-hybridized carbons (Fsp3) is 0.217. The minimum Gasteiger partial charge on any atom is -0.489 e. The molecule has 3 aromatic rings. The fourth-order valence-corrected chi connectivity index (χ4v) is 3.29. The molecule has 2 amide bonds. The zero-order chi connectivity index (χ0) is 21.0. The van der Waals surface area contributed by atoms with Crippen LogP contribution in [0.3, 0.4) is 0 Å². The van der Waals surface area contributed by atoms with Crippen LogP contribution in [0.25, 0.3) is 11.3 Å². The van der Waals surface area contributed by atoms with E-state index >= 15 is 0 Å². The molecule has 0 saturated carbocycles. The minimum atomic E-state index is -0.473. The first-order valence-corrected chi connectivity index (χ1v) is 9.43. The summed E-state index contributed by atoms with van der Waals surface area (Å²) in [6.07, 6.45) is 1.81. The number of urea groups is 1. The van der Waals surface area contributed by atoms with Crippen LogP contribution in [-0.4, -0.2) is 11.0 Å². The predicted octanol–water partition coefficient (Wildman–Crippen LogP) is 4.56. The molecule has 1 heterocycles. The van der Waals surface area contributed by atoms with Crippen molar-refractivity contribution in [3.63, 3.8) is 0 Å². The van der Waals surface area contributed by atoms with E-state index in [9.17, 15) is 4.79 Å². The highest BCUT2D eigenvalue weighted by Gasteiger charge is 2.13. The van der Waals surface area contributed by atoms with Crippen LogP contribution in [0.5, 0.6) is 5.75 Å². The van der Waals surface area contributed by atoms with E-state index in [-0.39, 0.29) is 0 Å². The van der Waals surface area contributed by atoms with Crippen LogP contribution >= 0.6 is 0 Å². The molecule has 0 unspecified atom stereocenters. The normalized spacial score (nSPS) is 10.5. The third-order valence-corrected chi connectivity index (χ3v) is 4.95. The van der Waals surface area contributed by atoms with E-state index in [1.165, 1.54) is 0 Å². The molecule has 4 N–H and O–H groups in total. The van der Waals surface area contributed by atoms with E-state index in [0.29, 0.717) is 12.3 Å². The number of aryl methyl sites for hydroxylation is 4. The Balaban J connectivity index is 1.87. The van der Waals surface area contributed by atoms with Gasteiger partial charge in [0.15, 0.2) is 0 Å². The van der Waals surface area contributed by atoms with Gasteiger partial charge < -0.3 is 10.1 Å². The lowest BCUT2D eigenvalue weighted by molar-refractivity contribution is 0.252.